The zero-order valence-corrected chi connectivity index (χ0v) is 62.1. The van der Waals surface area contributed by atoms with E-state index in [1.54, 1.807) is 103 Å². The molecule has 0 heterocycles. The maximum Gasteiger partial charge on any atom is 0.254 e. The number of benzene rings is 12. The Bertz CT molecular complexity index is 4670. The summed E-state index contributed by atoms with van der Waals surface area (Å²) < 4.78 is 52.8. The topological polar surface area (TPSA) is 175 Å². The van der Waals surface area contributed by atoms with Crippen LogP contribution in [0.5, 0.6) is 0 Å². The van der Waals surface area contributed by atoms with Crippen LogP contribution in [0.3, 0.4) is 0 Å². The van der Waals surface area contributed by atoms with Crippen molar-refractivity contribution in [1.82, 2.24) is 31.9 Å². The van der Waals surface area contributed by atoms with Crippen LogP contribution < -0.4 is 31.9 Å². The van der Waals surface area contributed by atoms with Crippen LogP contribution in [-0.2, 0) is 39.3 Å². The predicted octanol–water partition coefficient (Wildman–Crippen LogP) is 19.1. The molecule has 108 heavy (non-hydrogen) atoms. The highest BCUT2D eigenvalue weighted by atomic mass is 35.5. The first kappa shape index (κ1) is 82.8. The largest absolute Gasteiger partial charge is 0.348 e. The number of carbonyl (C=O) groups is 6. The zero-order valence-electron chi connectivity index (χ0n) is 61.3. The molecule has 0 radical (unpaired) electrons. The lowest BCUT2D eigenvalue weighted by atomic mass is 10.1. The number of amides is 6. The molecule has 0 atom stereocenters. The van der Waals surface area contributed by atoms with Crippen molar-refractivity contribution in [2.75, 3.05) is 0 Å². The molecule has 0 saturated heterocycles. The predicted molar refractivity (Wildman–Crippen MR) is 422 cm³/mol. The second-order valence-corrected chi connectivity index (χ2v) is 25.6. The van der Waals surface area contributed by atoms with Crippen molar-refractivity contribution in [1.29, 1.82) is 0 Å². The summed E-state index contributed by atoms with van der Waals surface area (Å²) >= 11 is 5.96. The van der Waals surface area contributed by atoms with Crippen molar-refractivity contribution in [3.8, 4) is 0 Å². The number of rotatable bonds is 18. The molecule has 0 aromatic heterocycles. The van der Waals surface area contributed by atoms with Gasteiger partial charge in [0.1, 0.15) is 23.3 Å². The SMILES string of the molecule is Cc1cc(F)ccc1CNC(=O)c1ccccc1.Cc1ccc(CNC(=O)c2ccccc2C)c(F)c1.Cc1ccc(CNC(=O)c2ccccc2C)cc1.Cc1ccc(CNC(=O)c2ccccc2Cl)cc1.Cc1ccc(CNC(=O)c2ccccc2F)cc1.O=C(NCc1cccc(F)c1)c1ccccc1. The van der Waals surface area contributed by atoms with Crippen LogP contribution in [0.2, 0.25) is 5.02 Å². The first-order valence-electron chi connectivity index (χ1n) is 34.8. The van der Waals surface area contributed by atoms with Gasteiger partial charge in [0.2, 0.25) is 0 Å². The molecule has 12 nitrogen and oxygen atoms in total. The Labute approximate surface area is 634 Å². The monoisotopic (exact) mass is 1470 g/mol. The van der Waals surface area contributed by atoms with Gasteiger partial charge in [-0.15, -0.1) is 0 Å². The minimum absolute atomic E-state index is 0.0197. The van der Waals surface area contributed by atoms with Crippen molar-refractivity contribution >= 4 is 47.0 Å². The number of aryl methyl sites for hydroxylation is 7. The van der Waals surface area contributed by atoms with Gasteiger partial charge in [0, 0.05) is 67.1 Å². The molecule has 0 saturated carbocycles. The molecule has 0 spiro atoms. The van der Waals surface area contributed by atoms with Crippen LogP contribution in [0.25, 0.3) is 0 Å². The maximum absolute atomic E-state index is 13.6. The Hall–Kier alpha value is -12.5. The smallest absolute Gasteiger partial charge is 0.254 e. The summed E-state index contributed by atoms with van der Waals surface area (Å²) in [6.45, 7) is 16.0. The van der Waals surface area contributed by atoms with Gasteiger partial charge in [0.25, 0.3) is 35.4 Å². The fourth-order valence-electron chi connectivity index (χ4n) is 10.2. The Balaban J connectivity index is 0.000000181. The van der Waals surface area contributed by atoms with Crippen LogP contribution in [0.4, 0.5) is 17.6 Å². The van der Waals surface area contributed by atoms with E-state index in [1.165, 1.54) is 59.2 Å². The zero-order chi connectivity index (χ0) is 77.7. The lowest BCUT2D eigenvalue weighted by molar-refractivity contribution is 0.0939. The maximum atomic E-state index is 13.6. The molecular weight excluding hydrogens is 1380 g/mol. The average Bonchev–Trinajstić information content (AvgIpc) is 0.889. The van der Waals surface area contributed by atoms with E-state index in [1.807, 2.05) is 175 Å². The van der Waals surface area contributed by atoms with Crippen molar-refractivity contribution in [3.63, 3.8) is 0 Å². The summed E-state index contributed by atoms with van der Waals surface area (Å²) in [6.07, 6.45) is 0. The molecule has 12 aromatic rings. The van der Waals surface area contributed by atoms with Gasteiger partial charge in [-0.2, -0.15) is 0 Å². The van der Waals surface area contributed by atoms with Crippen LogP contribution >= 0.6 is 11.6 Å². The Morgan fingerprint density at radius 2 is 0.611 bits per heavy atom. The normalized spacial score (nSPS) is 10.1. The Kier molecular flexibility index (Phi) is 33.5. The molecule has 0 fully saturated rings. The number of carbonyl (C=O) groups excluding carboxylic acids is 6. The van der Waals surface area contributed by atoms with Crippen molar-refractivity contribution in [3.05, 3.63) is 425 Å². The van der Waals surface area contributed by atoms with E-state index in [-0.39, 0.29) is 59.1 Å². The molecular formula is C91H87ClF4N6O6. The summed E-state index contributed by atoms with van der Waals surface area (Å²) in [5.41, 5.74) is 15.7. The van der Waals surface area contributed by atoms with Gasteiger partial charge in [-0.25, -0.2) is 17.6 Å². The summed E-state index contributed by atoms with van der Waals surface area (Å²) in [6, 6.07) is 85.7. The van der Waals surface area contributed by atoms with Gasteiger partial charge >= 0.3 is 0 Å². The molecule has 12 rings (SSSR count). The highest BCUT2D eigenvalue weighted by Crippen LogP contribution is 2.18. The van der Waals surface area contributed by atoms with Gasteiger partial charge in [-0.1, -0.05) is 228 Å². The molecule has 12 aromatic carbocycles. The standard InChI is InChI=1S/C16H16FNO.C16H17NO.C15H14ClNO.2C15H14FNO.C14H12FNO/c1-11-7-8-13(15(17)9-11)10-18-16(19)14-6-4-3-5-12(14)2;1-12-7-9-14(10-8-12)11-17-16(18)15-6-4-3-5-13(15)2;2*1-11-6-8-12(9-7-11)10-17-15(18)13-4-2-3-5-14(13)16;1-11-9-14(16)8-7-13(11)10-17-15(18)12-5-3-2-4-6-12;15-13-8-4-5-11(9-13)10-16-14(17)12-6-2-1-3-7-12/h3-9H,10H2,1-2H3,(H,18,19);3-10H,11H2,1-2H3,(H,17,18);3*2-9H,10H2,1H3,(H,17,18);1-9H,10H2,(H,16,17). The van der Waals surface area contributed by atoms with E-state index in [4.69, 9.17) is 11.6 Å². The fourth-order valence-corrected chi connectivity index (χ4v) is 10.4. The number of hydrogen-bond acceptors (Lipinski definition) is 6. The Morgan fingerprint density at radius 3 is 1.06 bits per heavy atom. The van der Waals surface area contributed by atoms with Crippen LogP contribution in [-0.4, -0.2) is 35.4 Å². The van der Waals surface area contributed by atoms with Crippen LogP contribution in [0.1, 0.15) is 134 Å². The minimum atomic E-state index is -0.501. The second-order valence-electron chi connectivity index (χ2n) is 25.2. The van der Waals surface area contributed by atoms with E-state index in [0.717, 1.165) is 55.6 Å². The third-order valence-corrected chi connectivity index (χ3v) is 16.9. The van der Waals surface area contributed by atoms with Gasteiger partial charge < -0.3 is 31.9 Å². The molecule has 0 unspecified atom stereocenters. The van der Waals surface area contributed by atoms with E-state index in [9.17, 15) is 46.3 Å². The summed E-state index contributed by atoms with van der Waals surface area (Å²) in [5.74, 6) is -2.37. The third-order valence-electron chi connectivity index (χ3n) is 16.5. The first-order chi connectivity index (χ1) is 52.0. The third kappa shape index (κ3) is 28.5. The van der Waals surface area contributed by atoms with Crippen molar-refractivity contribution < 1.29 is 46.3 Å². The van der Waals surface area contributed by atoms with Gasteiger partial charge in [-0.3, -0.25) is 28.8 Å². The molecule has 6 amide bonds. The van der Waals surface area contributed by atoms with Crippen LogP contribution in [0.15, 0.2) is 291 Å². The van der Waals surface area contributed by atoms with Crippen LogP contribution in [0, 0.1) is 71.7 Å². The molecule has 0 aliphatic carbocycles. The molecule has 0 aliphatic heterocycles. The molecule has 0 aliphatic rings. The van der Waals surface area contributed by atoms with E-state index in [0.29, 0.717) is 65.6 Å². The number of hydrogen-bond donors (Lipinski definition) is 6. The lowest BCUT2D eigenvalue weighted by Crippen LogP contribution is -2.24. The fraction of sp³-hybridized carbons (Fsp3) is 0.143. The molecule has 6 N–H and O–H groups in total. The second kappa shape index (κ2) is 43.7. The van der Waals surface area contributed by atoms with E-state index in [2.05, 4.69) is 51.0 Å². The highest BCUT2D eigenvalue weighted by molar-refractivity contribution is 6.33. The lowest BCUT2D eigenvalue weighted by Gasteiger charge is -2.08. The summed E-state index contributed by atoms with van der Waals surface area (Å²) in [4.78, 5) is 71.2. The minimum Gasteiger partial charge on any atom is -0.348 e. The summed E-state index contributed by atoms with van der Waals surface area (Å²) in [7, 11) is 0. The van der Waals surface area contributed by atoms with E-state index >= 15 is 0 Å². The molecule has 552 valence electrons. The van der Waals surface area contributed by atoms with Gasteiger partial charge in [-0.05, 0) is 190 Å². The number of nitrogens with one attached hydrogen (secondary N) is 6. The molecule has 17 heteroatoms. The van der Waals surface area contributed by atoms with Gasteiger partial charge in [0.05, 0.1) is 16.1 Å². The quantitative estimate of drug-likeness (QED) is 0.0466. The van der Waals surface area contributed by atoms with Crippen molar-refractivity contribution in [2.24, 2.45) is 0 Å². The van der Waals surface area contributed by atoms with Crippen molar-refractivity contribution in [2.45, 2.75) is 87.7 Å². The number of halogens is 5. The first-order valence-corrected chi connectivity index (χ1v) is 35.2. The molecule has 0 bridgehead atoms. The highest BCUT2D eigenvalue weighted by Gasteiger charge is 2.14. The van der Waals surface area contributed by atoms with Gasteiger partial charge in [0.15, 0.2) is 0 Å². The average molecular weight is 1470 g/mol. The summed E-state index contributed by atoms with van der Waals surface area (Å²) in [5, 5.41) is 17.2. The Morgan fingerprint density at radius 1 is 0.259 bits per heavy atom. The van der Waals surface area contributed by atoms with E-state index < -0.39 is 11.7 Å².